The third-order valence-corrected chi connectivity index (χ3v) is 6.45. The first-order valence-corrected chi connectivity index (χ1v) is 11.5. The molecule has 0 aromatic heterocycles. The van der Waals surface area contributed by atoms with Crippen LogP contribution in [0, 0.1) is 6.92 Å². The van der Waals surface area contributed by atoms with Crippen LogP contribution in [0.1, 0.15) is 5.56 Å². The van der Waals surface area contributed by atoms with Crippen molar-refractivity contribution in [3.05, 3.63) is 84.4 Å². The lowest BCUT2D eigenvalue weighted by Crippen LogP contribution is -2.42. The number of para-hydroxylation sites is 2. The monoisotopic (exact) mass is 454 g/mol. The summed E-state index contributed by atoms with van der Waals surface area (Å²) >= 11 is 0. The minimum Gasteiger partial charge on any atom is -0.493 e. The van der Waals surface area contributed by atoms with Crippen LogP contribution in [0.2, 0.25) is 0 Å². The van der Waals surface area contributed by atoms with Gasteiger partial charge in [0.1, 0.15) is 13.2 Å². The zero-order valence-electron chi connectivity index (χ0n) is 18.0. The van der Waals surface area contributed by atoms with Crippen LogP contribution < -0.4 is 19.1 Å². The van der Waals surface area contributed by atoms with Crippen molar-refractivity contribution in [2.45, 2.75) is 11.8 Å². The normalized spacial score (nSPS) is 10.9. The number of benzene rings is 3. The second-order valence-electron chi connectivity index (χ2n) is 7.01. The van der Waals surface area contributed by atoms with E-state index in [0.717, 1.165) is 9.87 Å². The van der Waals surface area contributed by atoms with Gasteiger partial charge in [-0.15, -0.1) is 0 Å². The molecule has 3 rings (SSSR count). The van der Waals surface area contributed by atoms with Gasteiger partial charge in [0.25, 0.3) is 10.0 Å². The molecule has 0 spiro atoms. The third-order valence-electron chi connectivity index (χ3n) is 4.66. The molecule has 32 heavy (non-hydrogen) atoms. The summed E-state index contributed by atoms with van der Waals surface area (Å²) in [7, 11) is -2.37. The number of hydrogen-bond acceptors (Lipinski definition) is 5. The summed E-state index contributed by atoms with van der Waals surface area (Å²) in [6.07, 6.45) is 0. The van der Waals surface area contributed by atoms with Crippen LogP contribution in [0.25, 0.3) is 0 Å². The Labute approximate surface area is 188 Å². The lowest BCUT2D eigenvalue weighted by Gasteiger charge is -2.24. The highest BCUT2D eigenvalue weighted by atomic mass is 32.2. The van der Waals surface area contributed by atoms with Gasteiger partial charge < -0.3 is 14.8 Å². The predicted molar refractivity (Wildman–Crippen MR) is 124 cm³/mol. The average molecular weight is 455 g/mol. The molecule has 0 fully saturated rings. The SMILES string of the molecule is COc1ccccc1OCCNC(=O)CN(c1cccc(C)c1)S(=O)(=O)c1ccccc1. The Morgan fingerprint density at radius 1 is 0.938 bits per heavy atom. The Bertz CT molecular complexity index is 1150. The lowest BCUT2D eigenvalue weighted by atomic mass is 10.2. The molecular formula is C24H26N2O5S. The van der Waals surface area contributed by atoms with Crippen LogP contribution in [-0.2, 0) is 14.8 Å². The zero-order chi connectivity index (χ0) is 23.0. The fourth-order valence-electron chi connectivity index (χ4n) is 3.09. The Balaban J connectivity index is 1.69. The van der Waals surface area contributed by atoms with Crippen LogP contribution in [0.5, 0.6) is 11.5 Å². The van der Waals surface area contributed by atoms with E-state index in [-0.39, 0.29) is 24.6 Å². The molecule has 0 bridgehead atoms. The number of hydrogen-bond donors (Lipinski definition) is 1. The Morgan fingerprint density at radius 2 is 1.62 bits per heavy atom. The van der Waals surface area contributed by atoms with Gasteiger partial charge in [-0.05, 0) is 48.9 Å². The molecule has 3 aromatic carbocycles. The van der Waals surface area contributed by atoms with Crippen molar-refractivity contribution in [2.75, 3.05) is 31.1 Å². The van der Waals surface area contributed by atoms with E-state index in [1.807, 2.05) is 25.1 Å². The Morgan fingerprint density at radius 3 is 2.31 bits per heavy atom. The number of nitrogens with one attached hydrogen (secondary N) is 1. The van der Waals surface area contributed by atoms with Crippen molar-refractivity contribution in [2.24, 2.45) is 0 Å². The second-order valence-corrected chi connectivity index (χ2v) is 8.88. The summed E-state index contributed by atoms with van der Waals surface area (Å²) in [5, 5.41) is 2.72. The number of nitrogens with zero attached hydrogens (tertiary/aromatic N) is 1. The highest BCUT2D eigenvalue weighted by molar-refractivity contribution is 7.92. The topological polar surface area (TPSA) is 84.9 Å². The summed E-state index contributed by atoms with van der Waals surface area (Å²) < 4.78 is 38.5. The second kappa shape index (κ2) is 10.7. The smallest absolute Gasteiger partial charge is 0.264 e. The van der Waals surface area contributed by atoms with Crippen molar-refractivity contribution in [3.63, 3.8) is 0 Å². The van der Waals surface area contributed by atoms with Gasteiger partial charge in [0.2, 0.25) is 5.91 Å². The molecule has 0 unspecified atom stereocenters. The van der Waals surface area contributed by atoms with Crippen molar-refractivity contribution >= 4 is 21.6 Å². The predicted octanol–water partition coefficient (Wildman–Crippen LogP) is 3.39. The highest BCUT2D eigenvalue weighted by Gasteiger charge is 2.27. The molecule has 3 aromatic rings. The Kier molecular flexibility index (Phi) is 7.72. The van der Waals surface area contributed by atoms with Gasteiger partial charge in [0.15, 0.2) is 11.5 Å². The number of anilines is 1. The van der Waals surface area contributed by atoms with Crippen molar-refractivity contribution in [1.82, 2.24) is 5.32 Å². The number of sulfonamides is 1. The summed E-state index contributed by atoms with van der Waals surface area (Å²) in [5.41, 5.74) is 1.32. The zero-order valence-corrected chi connectivity index (χ0v) is 18.8. The van der Waals surface area contributed by atoms with Gasteiger partial charge in [0, 0.05) is 0 Å². The summed E-state index contributed by atoms with van der Waals surface area (Å²) in [5.74, 6) is 0.727. The minimum atomic E-state index is -3.92. The van der Waals surface area contributed by atoms with E-state index in [9.17, 15) is 13.2 Å². The fraction of sp³-hybridized carbons (Fsp3) is 0.208. The number of ether oxygens (including phenoxy) is 2. The fourth-order valence-corrected chi connectivity index (χ4v) is 4.53. The first-order valence-electron chi connectivity index (χ1n) is 10.1. The maximum Gasteiger partial charge on any atom is 0.264 e. The van der Waals surface area contributed by atoms with Crippen molar-refractivity contribution < 1.29 is 22.7 Å². The molecule has 1 amide bonds. The molecule has 0 heterocycles. The Hall–Kier alpha value is -3.52. The van der Waals surface area contributed by atoms with E-state index in [1.165, 1.54) is 12.1 Å². The standard InChI is InChI=1S/C24H26N2O5S/c1-19-9-8-10-20(17-19)26(32(28,29)21-11-4-3-5-12-21)18-24(27)25-15-16-31-23-14-7-6-13-22(23)30-2/h3-14,17H,15-16,18H2,1-2H3,(H,25,27). The van der Waals surface area contributed by atoms with E-state index in [2.05, 4.69) is 5.32 Å². The number of amides is 1. The molecule has 0 aliphatic heterocycles. The number of rotatable bonds is 10. The number of carbonyl (C=O) groups excluding carboxylic acids is 1. The maximum atomic E-state index is 13.3. The minimum absolute atomic E-state index is 0.119. The van der Waals surface area contributed by atoms with E-state index in [1.54, 1.807) is 55.6 Å². The first-order chi connectivity index (χ1) is 15.4. The summed E-state index contributed by atoms with van der Waals surface area (Å²) in [6.45, 7) is 1.94. The van der Waals surface area contributed by atoms with Crippen LogP contribution in [0.3, 0.4) is 0 Å². The van der Waals surface area contributed by atoms with Gasteiger partial charge in [-0.3, -0.25) is 9.10 Å². The summed E-state index contributed by atoms with van der Waals surface area (Å²) in [6, 6.07) is 22.3. The van der Waals surface area contributed by atoms with E-state index in [0.29, 0.717) is 17.2 Å². The van der Waals surface area contributed by atoms with Gasteiger partial charge in [-0.25, -0.2) is 8.42 Å². The van der Waals surface area contributed by atoms with Gasteiger partial charge >= 0.3 is 0 Å². The van der Waals surface area contributed by atoms with Gasteiger partial charge in [-0.2, -0.15) is 0 Å². The molecule has 0 aliphatic carbocycles. The van der Waals surface area contributed by atoms with Crippen LogP contribution in [-0.4, -0.2) is 41.1 Å². The molecular weight excluding hydrogens is 428 g/mol. The molecule has 7 nitrogen and oxygen atoms in total. The van der Waals surface area contributed by atoms with Crippen LogP contribution in [0.4, 0.5) is 5.69 Å². The van der Waals surface area contributed by atoms with E-state index in [4.69, 9.17) is 9.47 Å². The van der Waals surface area contributed by atoms with Crippen molar-refractivity contribution in [3.8, 4) is 11.5 Å². The van der Waals surface area contributed by atoms with E-state index < -0.39 is 15.9 Å². The first kappa shape index (κ1) is 23.1. The maximum absolute atomic E-state index is 13.3. The number of carbonyl (C=O) groups is 1. The molecule has 0 radical (unpaired) electrons. The molecule has 0 saturated carbocycles. The number of aryl methyl sites for hydroxylation is 1. The largest absolute Gasteiger partial charge is 0.493 e. The lowest BCUT2D eigenvalue weighted by molar-refractivity contribution is -0.119. The highest BCUT2D eigenvalue weighted by Crippen LogP contribution is 2.26. The quantitative estimate of drug-likeness (QED) is 0.475. The van der Waals surface area contributed by atoms with Crippen LogP contribution in [0.15, 0.2) is 83.8 Å². The molecule has 0 saturated heterocycles. The molecule has 168 valence electrons. The van der Waals surface area contributed by atoms with E-state index >= 15 is 0 Å². The van der Waals surface area contributed by atoms with Crippen LogP contribution >= 0.6 is 0 Å². The average Bonchev–Trinajstić information content (AvgIpc) is 2.81. The van der Waals surface area contributed by atoms with Gasteiger partial charge in [-0.1, -0.05) is 42.5 Å². The molecule has 8 heteroatoms. The van der Waals surface area contributed by atoms with Crippen molar-refractivity contribution in [1.29, 1.82) is 0 Å². The van der Waals surface area contributed by atoms with Gasteiger partial charge in [0.05, 0.1) is 24.2 Å². The molecule has 0 aliphatic rings. The number of methoxy groups -OCH3 is 1. The third kappa shape index (κ3) is 5.79. The summed E-state index contributed by atoms with van der Waals surface area (Å²) in [4.78, 5) is 12.7. The molecule has 0 atom stereocenters. The molecule has 1 N–H and O–H groups in total.